The normalized spacial score (nSPS) is 19.8. The summed E-state index contributed by atoms with van der Waals surface area (Å²) in [6, 6.07) is 7.13. The van der Waals surface area contributed by atoms with Crippen LogP contribution in [0.4, 0.5) is 0 Å². The molecular weight excluding hydrogens is 378 g/mol. The van der Waals surface area contributed by atoms with Crippen LogP contribution >= 0.6 is 0 Å². The molecule has 0 saturated heterocycles. The zero-order valence-corrected chi connectivity index (χ0v) is 19.7. The second-order valence-electron chi connectivity index (χ2n) is 7.11. The lowest BCUT2D eigenvalue weighted by Crippen LogP contribution is -2.57. The van der Waals surface area contributed by atoms with E-state index in [-0.39, 0.29) is 0 Å². The predicted octanol–water partition coefficient (Wildman–Crippen LogP) is 2.87. The van der Waals surface area contributed by atoms with Crippen LogP contribution in [0.15, 0.2) is 18.2 Å². The molecule has 1 aromatic carbocycles. The van der Waals surface area contributed by atoms with E-state index in [0.717, 1.165) is 35.5 Å². The van der Waals surface area contributed by atoms with E-state index in [0.29, 0.717) is 26.4 Å². The standard InChI is InChI=1S/C19H35NO5Si2/c1-7-21-27(22-8-2,23-9-3)18-11-12-19-17(15-18)16-24-26(6,25-19)14-10-13-20(4)5/h11-12,15H,7-10,13-14,16H2,1-6H3. The van der Waals surface area contributed by atoms with Crippen molar-refractivity contribution in [2.45, 2.75) is 46.4 Å². The lowest BCUT2D eigenvalue weighted by molar-refractivity contribution is 0.0858. The second kappa shape index (κ2) is 10.2. The number of rotatable bonds is 11. The summed E-state index contributed by atoms with van der Waals surface area (Å²) in [5.41, 5.74) is 1.04. The van der Waals surface area contributed by atoms with Crippen molar-refractivity contribution in [1.29, 1.82) is 0 Å². The molecule has 27 heavy (non-hydrogen) atoms. The molecule has 1 aliphatic rings. The van der Waals surface area contributed by atoms with Gasteiger partial charge in [0.25, 0.3) is 0 Å². The maximum absolute atomic E-state index is 6.34. The molecule has 1 aromatic rings. The van der Waals surface area contributed by atoms with Gasteiger partial charge in [-0.25, -0.2) is 0 Å². The summed E-state index contributed by atoms with van der Waals surface area (Å²) in [7, 11) is -0.894. The minimum atomic E-state index is -2.91. The average Bonchev–Trinajstić information content (AvgIpc) is 2.61. The molecule has 0 aromatic heterocycles. The summed E-state index contributed by atoms with van der Waals surface area (Å²) < 4.78 is 30.6. The predicted molar refractivity (Wildman–Crippen MR) is 112 cm³/mol. The van der Waals surface area contributed by atoms with Gasteiger partial charge in [0.1, 0.15) is 5.75 Å². The molecule has 0 amide bonds. The molecular formula is C19H35NO5Si2. The van der Waals surface area contributed by atoms with Crippen LogP contribution in [0.5, 0.6) is 5.75 Å². The number of hydrogen-bond donors (Lipinski definition) is 0. The highest BCUT2D eigenvalue weighted by Crippen LogP contribution is 2.31. The Morgan fingerprint density at radius 2 is 1.70 bits per heavy atom. The van der Waals surface area contributed by atoms with Crippen molar-refractivity contribution in [2.75, 3.05) is 40.5 Å². The summed E-state index contributed by atoms with van der Waals surface area (Å²) >= 11 is 0. The van der Waals surface area contributed by atoms with Crippen LogP contribution in [-0.4, -0.2) is 62.7 Å². The van der Waals surface area contributed by atoms with Crippen LogP contribution < -0.4 is 9.61 Å². The Morgan fingerprint density at radius 3 is 2.26 bits per heavy atom. The molecule has 0 N–H and O–H groups in total. The summed E-state index contributed by atoms with van der Waals surface area (Å²) in [6.45, 7) is 11.3. The lowest BCUT2D eigenvalue weighted by Gasteiger charge is -2.35. The van der Waals surface area contributed by atoms with E-state index in [1.807, 2.05) is 32.9 Å². The van der Waals surface area contributed by atoms with Crippen molar-refractivity contribution in [3.05, 3.63) is 23.8 Å². The van der Waals surface area contributed by atoms with Gasteiger partial charge in [0, 0.05) is 36.6 Å². The highest BCUT2D eigenvalue weighted by Gasteiger charge is 2.44. The van der Waals surface area contributed by atoms with Crippen molar-refractivity contribution < 1.29 is 22.1 Å². The maximum Gasteiger partial charge on any atom is 0.537 e. The minimum absolute atomic E-state index is 0.549. The van der Waals surface area contributed by atoms with Crippen molar-refractivity contribution in [1.82, 2.24) is 4.90 Å². The highest BCUT2D eigenvalue weighted by molar-refractivity contribution is 6.75. The third kappa shape index (κ3) is 5.86. The first-order valence-electron chi connectivity index (χ1n) is 9.91. The van der Waals surface area contributed by atoms with Gasteiger partial charge in [-0.05, 0) is 66.5 Å². The van der Waals surface area contributed by atoms with E-state index in [2.05, 4.69) is 31.6 Å². The number of fused-ring (bicyclic) bond motifs is 1. The third-order valence-electron chi connectivity index (χ3n) is 4.51. The molecule has 6 nitrogen and oxygen atoms in total. The third-order valence-corrected chi connectivity index (χ3v) is 10.2. The first kappa shape index (κ1) is 22.5. The monoisotopic (exact) mass is 413 g/mol. The topological polar surface area (TPSA) is 49.4 Å². The van der Waals surface area contributed by atoms with Gasteiger partial charge in [0.2, 0.25) is 0 Å². The lowest BCUT2D eigenvalue weighted by atomic mass is 10.2. The first-order valence-corrected chi connectivity index (χ1v) is 14.2. The van der Waals surface area contributed by atoms with Crippen LogP contribution in [0, 0.1) is 0 Å². The van der Waals surface area contributed by atoms with Crippen LogP contribution in [0.25, 0.3) is 0 Å². The van der Waals surface area contributed by atoms with Gasteiger partial charge < -0.3 is 27.0 Å². The zero-order valence-electron chi connectivity index (χ0n) is 17.7. The van der Waals surface area contributed by atoms with E-state index >= 15 is 0 Å². The molecule has 1 heterocycles. The molecule has 0 radical (unpaired) electrons. The molecule has 0 aliphatic carbocycles. The molecule has 1 aliphatic heterocycles. The Bertz CT molecular complexity index is 584. The largest absolute Gasteiger partial charge is 0.537 e. The minimum Gasteiger partial charge on any atom is -0.520 e. The quantitative estimate of drug-likeness (QED) is 0.520. The molecule has 0 saturated carbocycles. The fourth-order valence-electron chi connectivity index (χ4n) is 3.26. The number of nitrogens with zero attached hydrogens (tertiary/aromatic N) is 1. The van der Waals surface area contributed by atoms with Crippen molar-refractivity contribution in [3.63, 3.8) is 0 Å². The van der Waals surface area contributed by atoms with Crippen molar-refractivity contribution in [3.8, 4) is 5.75 Å². The van der Waals surface area contributed by atoms with Crippen LogP contribution in [-0.2, 0) is 24.3 Å². The van der Waals surface area contributed by atoms with Gasteiger partial charge in [0.05, 0.1) is 6.61 Å². The van der Waals surface area contributed by atoms with Crippen molar-refractivity contribution in [2.24, 2.45) is 0 Å². The smallest absolute Gasteiger partial charge is 0.520 e. The second-order valence-corrected chi connectivity index (χ2v) is 12.9. The number of benzene rings is 1. The Labute approximate surface area is 166 Å². The van der Waals surface area contributed by atoms with Crippen LogP contribution in [0.2, 0.25) is 12.6 Å². The first-order chi connectivity index (χ1) is 12.9. The Balaban J connectivity index is 2.19. The van der Waals surface area contributed by atoms with Gasteiger partial charge in [-0.3, -0.25) is 0 Å². The fourth-order valence-corrected chi connectivity index (χ4v) is 8.02. The van der Waals surface area contributed by atoms with E-state index < -0.39 is 17.4 Å². The molecule has 154 valence electrons. The fraction of sp³-hybridized carbons (Fsp3) is 0.684. The van der Waals surface area contributed by atoms with Gasteiger partial charge >= 0.3 is 17.4 Å². The molecule has 0 fully saturated rings. The SMILES string of the molecule is CCO[Si](OCC)(OCC)c1ccc2c(c1)CO[Si](C)(CCCN(C)C)O2. The van der Waals surface area contributed by atoms with E-state index in [9.17, 15) is 0 Å². The summed E-state index contributed by atoms with van der Waals surface area (Å²) in [5.74, 6) is 0.927. The van der Waals surface area contributed by atoms with Gasteiger partial charge in [-0.2, -0.15) is 0 Å². The summed E-state index contributed by atoms with van der Waals surface area (Å²) in [5, 5.41) is 0.969. The Kier molecular flexibility index (Phi) is 8.48. The van der Waals surface area contributed by atoms with Gasteiger partial charge in [-0.15, -0.1) is 0 Å². The Hall–Kier alpha value is -0.746. The van der Waals surface area contributed by atoms with E-state index in [1.54, 1.807) is 0 Å². The number of hydrogen-bond acceptors (Lipinski definition) is 6. The molecule has 0 bridgehead atoms. The molecule has 1 unspecified atom stereocenters. The maximum atomic E-state index is 6.34. The van der Waals surface area contributed by atoms with Gasteiger partial charge in [0.15, 0.2) is 0 Å². The molecule has 8 heteroatoms. The summed E-state index contributed by atoms with van der Waals surface area (Å²) in [4.78, 5) is 2.19. The Morgan fingerprint density at radius 1 is 1.07 bits per heavy atom. The van der Waals surface area contributed by atoms with Crippen LogP contribution in [0.1, 0.15) is 32.8 Å². The van der Waals surface area contributed by atoms with Crippen molar-refractivity contribution >= 4 is 22.6 Å². The summed E-state index contributed by atoms with van der Waals surface area (Å²) in [6.07, 6.45) is 1.08. The average molecular weight is 414 g/mol. The van der Waals surface area contributed by atoms with Gasteiger partial charge in [-0.1, -0.05) is 6.07 Å². The van der Waals surface area contributed by atoms with E-state index in [1.165, 1.54) is 0 Å². The highest BCUT2D eigenvalue weighted by atomic mass is 28.4. The van der Waals surface area contributed by atoms with E-state index in [4.69, 9.17) is 22.1 Å². The molecule has 0 spiro atoms. The zero-order chi connectivity index (χ0) is 19.9. The molecule has 1 atom stereocenters. The van der Waals surface area contributed by atoms with Crippen LogP contribution in [0.3, 0.4) is 0 Å². The molecule has 2 rings (SSSR count).